The molecule has 2 atom stereocenters. The number of carbonyl (C=O) groups excluding carboxylic acids is 1. The monoisotopic (exact) mass is 261 g/mol. The Bertz CT molecular complexity index is 346. The van der Waals surface area contributed by atoms with E-state index in [4.69, 9.17) is 0 Å². The summed E-state index contributed by atoms with van der Waals surface area (Å²) in [6.07, 6.45) is 13.4. The van der Waals surface area contributed by atoms with Gasteiger partial charge in [-0.1, -0.05) is 19.3 Å². The van der Waals surface area contributed by atoms with Gasteiger partial charge in [-0.25, -0.2) is 0 Å². The topological polar surface area (TPSA) is 20.3 Å². The Kier molecular flexibility index (Phi) is 3.08. The first kappa shape index (κ1) is 12.2. The average Bonchev–Trinajstić information content (AvgIpc) is 3.37. The molecule has 0 spiro atoms. The van der Waals surface area contributed by atoms with E-state index in [0.29, 0.717) is 17.9 Å². The Balaban J connectivity index is 1.38. The van der Waals surface area contributed by atoms with Gasteiger partial charge in [-0.3, -0.25) is 4.79 Å². The van der Waals surface area contributed by atoms with E-state index in [-0.39, 0.29) is 0 Å². The van der Waals surface area contributed by atoms with E-state index < -0.39 is 0 Å². The Morgan fingerprint density at radius 1 is 0.895 bits per heavy atom. The third-order valence-electron chi connectivity index (χ3n) is 6.04. The lowest BCUT2D eigenvalue weighted by Gasteiger charge is -2.32. The maximum absolute atomic E-state index is 12.8. The quantitative estimate of drug-likeness (QED) is 0.757. The fourth-order valence-electron chi connectivity index (χ4n) is 4.60. The van der Waals surface area contributed by atoms with Crippen LogP contribution >= 0.6 is 0 Å². The molecule has 4 aliphatic carbocycles. The number of rotatable bonds is 4. The average molecular weight is 261 g/mol. The third kappa shape index (κ3) is 2.55. The molecule has 2 heteroatoms. The summed E-state index contributed by atoms with van der Waals surface area (Å²) in [7, 11) is 0. The molecule has 0 aromatic carbocycles. The van der Waals surface area contributed by atoms with Crippen LogP contribution in [0.5, 0.6) is 0 Å². The van der Waals surface area contributed by atoms with E-state index in [9.17, 15) is 4.79 Å². The zero-order chi connectivity index (χ0) is 12.8. The van der Waals surface area contributed by atoms with Gasteiger partial charge in [-0.15, -0.1) is 0 Å². The molecule has 4 rings (SSSR count). The van der Waals surface area contributed by atoms with Crippen molar-refractivity contribution < 1.29 is 4.79 Å². The highest BCUT2D eigenvalue weighted by Crippen LogP contribution is 2.55. The van der Waals surface area contributed by atoms with E-state index in [1.54, 1.807) is 0 Å². The lowest BCUT2D eigenvalue weighted by Crippen LogP contribution is -2.41. The Labute approximate surface area is 116 Å². The summed E-state index contributed by atoms with van der Waals surface area (Å²) in [5.74, 6) is 3.64. The van der Waals surface area contributed by atoms with E-state index in [1.165, 1.54) is 64.2 Å². The number of hydrogen-bond donors (Lipinski definition) is 0. The lowest BCUT2D eigenvalue weighted by atomic mass is 9.88. The summed E-state index contributed by atoms with van der Waals surface area (Å²) in [5.41, 5.74) is 0. The van der Waals surface area contributed by atoms with Crippen molar-refractivity contribution in [2.45, 2.75) is 70.3 Å². The molecule has 4 fully saturated rings. The predicted octanol–water partition coefficient (Wildman–Crippen LogP) is 3.60. The summed E-state index contributed by atoms with van der Waals surface area (Å²) in [6.45, 7) is 1.09. The highest BCUT2D eigenvalue weighted by Gasteiger charge is 2.50. The largest absolute Gasteiger partial charge is 0.339 e. The van der Waals surface area contributed by atoms with Crippen LogP contribution in [-0.4, -0.2) is 23.4 Å². The van der Waals surface area contributed by atoms with Crippen LogP contribution in [0, 0.1) is 23.7 Å². The number of fused-ring (bicyclic) bond motifs is 1. The van der Waals surface area contributed by atoms with Gasteiger partial charge in [0.15, 0.2) is 0 Å². The molecule has 0 aromatic rings. The van der Waals surface area contributed by atoms with Gasteiger partial charge in [0, 0.05) is 18.5 Å². The van der Waals surface area contributed by atoms with Gasteiger partial charge in [0.1, 0.15) is 0 Å². The molecule has 2 unspecified atom stereocenters. The maximum Gasteiger partial charge on any atom is 0.225 e. The van der Waals surface area contributed by atoms with Crippen molar-refractivity contribution in [1.82, 2.24) is 4.90 Å². The molecule has 2 nitrogen and oxygen atoms in total. The summed E-state index contributed by atoms with van der Waals surface area (Å²) >= 11 is 0. The van der Waals surface area contributed by atoms with Gasteiger partial charge < -0.3 is 4.90 Å². The van der Waals surface area contributed by atoms with Crippen LogP contribution < -0.4 is 0 Å². The SMILES string of the molecule is O=C(C1CC2CC2C1)N(CC1CCCCC1)C1CC1. The van der Waals surface area contributed by atoms with Gasteiger partial charge in [-0.05, 0) is 62.7 Å². The summed E-state index contributed by atoms with van der Waals surface area (Å²) in [4.78, 5) is 15.1. The molecule has 0 saturated heterocycles. The molecule has 4 aliphatic rings. The molecule has 19 heavy (non-hydrogen) atoms. The summed E-state index contributed by atoms with van der Waals surface area (Å²) in [6, 6.07) is 0.631. The number of amides is 1. The summed E-state index contributed by atoms with van der Waals surface area (Å²) < 4.78 is 0. The van der Waals surface area contributed by atoms with Crippen LogP contribution in [0.2, 0.25) is 0 Å². The lowest BCUT2D eigenvalue weighted by molar-refractivity contribution is -0.137. The van der Waals surface area contributed by atoms with Crippen molar-refractivity contribution in [3.8, 4) is 0 Å². The molecule has 0 bridgehead atoms. The molecule has 0 radical (unpaired) electrons. The van der Waals surface area contributed by atoms with Crippen LogP contribution in [0.3, 0.4) is 0 Å². The van der Waals surface area contributed by atoms with Crippen molar-refractivity contribution in [1.29, 1.82) is 0 Å². The van der Waals surface area contributed by atoms with E-state index >= 15 is 0 Å². The van der Waals surface area contributed by atoms with Crippen molar-refractivity contribution in [3.05, 3.63) is 0 Å². The van der Waals surface area contributed by atoms with Gasteiger partial charge in [-0.2, -0.15) is 0 Å². The minimum absolute atomic E-state index is 0.410. The second-order valence-corrected chi connectivity index (χ2v) is 7.65. The van der Waals surface area contributed by atoms with Gasteiger partial charge in [0.05, 0.1) is 0 Å². The first-order valence-electron chi connectivity index (χ1n) is 8.61. The van der Waals surface area contributed by atoms with Gasteiger partial charge in [0.25, 0.3) is 0 Å². The van der Waals surface area contributed by atoms with E-state index in [1.807, 2.05) is 0 Å². The molecule has 1 amide bonds. The van der Waals surface area contributed by atoms with Crippen LogP contribution in [-0.2, 0) is 4.79 Å². The van der Waals surface area contributed by atoms with Gasteiger partial charge in [0.2, 0.25) is 5.91 Å². The fraction of sp³-hybridized carbons (Fsp3) is 0.941. The standard InChI is InChI=1S/C17H27NO/c19-17(15-9-13-8-14(13)10-15)18(16-6-7-16)11-12-4-2-1-3-5-12/h12-16H,1-11H2. The molecular weight excluding hydrogens is 234 g/mol. The molecule has 0 N–H and O–H groups in total. The van der Waals surface area contributed by atoms with Crippen molar-refractivity contribution >= 4 is 5.91 Å². The summed E-state index contributed by atoms with van der Waals surface area (Å²) in [5, 5.41) is 0. The fourth-order valence-corrected chi connectivity index (χ4v) is 4.60. The maximum atomic E-state index is 12.8. The second kappa shape index (κ2) is 4.79. The molecular formula is C17H27NO. The van der Waals surface area contributed by atoms with Crippen molar-refractivity contribution in [3.63, 3.8) is 0 Å². The highest BCUT2D eigenvalue weighted by molar-refractivity contribution is 5.80. The normalized spacial score (nSPS) is 38.0. The Morgan fingerprint density at radius 3 is 2.21 bits per heavy atom. The number of carbonyl (C=O) groups is 1. The highest BCUT2D eigenvalue weighted by atomic mass is 16.2. The van der Waals surface area contributed by atoms with Crippen LogP contribution in [0.4, 0.5) is 0 Å². The molecule has 4 saturated carbocycles. The van der Waals surface area contributed by atoms with E-state index in [2.05, 4.69) is 4.90 Å². The smallest absolute Gasteiger partial charge is 0.225 e. The minimum atomic E-state index is 0.410. The molecule has 0 aromatic heterocycles. The number of hydrogen-bond acceptors (Lipinski definition) is 1. The van der Waals surface area contributed by atoms with E-state index in [0.717, 1.165) is 24.3 Å². The first-order valence-corrected chi connectivity index (χ1v) is 8.61. The molecule has 106 valence electrons. The van der Waals surface area contributed by atoms with Crippen LogP contribution in [0.15, 0.2) is 0 Å². The Morgan fingerprint density at radius 2 is 1.58 bits per heavy atom. The molecule has 0 aliphatic heterocycles. The van der Waals surface area contributed by atoms with Gasteiger partial charge >= 0.3 is 0 Å². The first-order chi connectivity index (χ1) is 9.31. The zero-order valence-electron chi connectivity index (χ0n) is 12.0. The van der Waals surface area contributed by atoms with Crippen LogP contribution in [0.1, 0.15) is 64.2 Å². The number of nitrogens with zero attached hydrogens (tertiary/aromatic N) is 1. The third-order valence-corrected chi connectivity index (χ3v) is 6.04. The zero-order valence-corrected chi connectivity index (χ0v) is 12.0. The predicted molar refractivity (Wildman–Crippen MR) is 75.6 cm³/mol. The van der Waals surface area contributed by atoms with Crippen LogP contribution in [0.25, 0.3) is 0 Å². The van der Waals surface area contributed by atoms with Crippen molar-refractivity contribution in [2.75, 3.05) is 6.54 Å². The molecule has 0 heterocycles. The second-order valence-electron chi connectivity index (χ2n) is 7.65. The minimum Gasteiger partial charge on any atom is -0.339 e. The van der Waals surface area contributed by atoms with Crippen molar-refractivity contribution in [2.24, 2.45) is 23.7 Å². The Hall–Kier alpha value is -0.530.